The maximum Gasteiger partial charge on any atom is 0.148 e. The molecule has 0 fully saturated rings. The molecule has 0 bridgehead atoms. The van der Waals surface area contributed by atoms with Gasteiger partial charge in [-0.25, -0.2) is 14.3 Å². The summed E-state index contributed by atoms with van der Waals surface area (Å²) in [6, 6.07) is 6.34. The van der Waals surface area contributed by atoms with Crippen molar-refractivity contribution in [3.8, 4) is 11.3 Å². The summed E-state index contributed by atoms with van der Waals surface area (Å²) >= 11 is 0. The summed E-state index contributed by atoms with van der Waals surface area (Å²) in [4.78, 5) is 4.36. The van der Waals surface area contributed by atoms with E-state index in [1.165, 1.54) is 11.3 Å². The van der Waals surface area contributed by atoms with Crippen molar-refractivity contribution >= 4 is 5.69 Å². The van der Waals surface area contributed by atoms with Gasteiger partial charge in [0.2, 0.25) is 0 Å². The zero-order valence-corrected chi connectivity index (χ0v) is 14.0. The van der Waals surface area contributed by atoms with Crippen molar-refractivity contribution in [3.63, 3.8) is 0 Å². The molecule has 7 heteroatoms. The smallest absolute Gasteiger partial charge is 0.148 e. The van der Waals surface area contributed by atoms with Gasteiger partial charge in [-0.15, -0.1) is 5.10 Å². The molecule has 0 amide bonds. The lowest BCUT2D eigenvalue weighted by molar-refractivity contribution is 0.455. The largest absolute Gasteiger partial charge is 0.384 e. The molecule has 1 N–H and O–H groups in total. The van der Waals surface area contributed by atoms with E-state index < -0.39 is 0 Å². The van der Waals surface area contributed by atoms with Crippen molar-refractivity contribution in [2.75, 3.05) is 11.9 Å². The average molecular weight is 323 g/mol. The highest BCUT2D eigenvalue weighted by Gasteiger charge is 2.17. The minimum Gasteiger partial charge on any atom is -0.384 e. The fourth-order valence-corrected chi connectivity index (χ4v) is 3.11. The van der Waals surface area contributed by atoms with Gasteiger partial charge in [0.1, 0.15) is 24.4 Å². The van der Waals surface area contributed by atoms with Crippen molar-refractivity contribution in [2.24, 2.45) is 5.92 Å². The van der Waals surface area contributed by atoms with Crippen LogP contribution in [-0.4, -0.2) is 36.3 Å². The first kappa shape index (κ1) is 14.9. The number of nitrogens with one attached hydrogen (secondary N) is 1. The molecule has 24 heavy (non-hydrogen) atoms. The van der Waals surface area contributed by atoms with Crippen LogP contribution >= 0.6 is 0 Å². The Hall–Kier alpha value is -2.70. The van der Waals surface area contributed by atoms with Crippen LogP contribution in [0.5, 0.6) is 0 Å². The van der Waals surface area contributed by atoms with Gasteiger partial charge in [-0.3, -0.25) is 0 Å². The van der Waals surface area contributed by atoms with Gasteiger partial charge in [-0.1, -0.05) is 37.3 Å². The van der Waals surface area contributed by atoms with Crippen LogP contribution in [0.3, 0.4) is 0 Å². The predicted molar refractivity (Wildman–Crippen MR) is 91.6 cm³/mol. The summed E-state index contributed by atoms with van der Waals surface area (Å²) in [5.74, 6) is 1.42. The number of hydrogen-bond acceptors (Lipinski definition) is 5. The quantitative estimate of drug-likeness (QED) is 0.779. The van der Waals surface area contributed by atoms with Crippen LogP contribution in [0.15, 0.2) is 30.7 Å². The standard InChI is InChI=1S/C17H21N7/c1-12(2)8-24-16(19-11-20-24)10-23-9-15(21-22-23)14-5-3-4-13-6-7-18-17(13)14/h3-5,9,11-12,18H,6-8,10H2,1-2H3. The van der Waals surface area contributed by atoms with E-state index in [9.17, 15) is 0 Å². The van der Waals surface area contributed by atoms with E-state index in [2.05, 4.69) is 57.8 Å². The third-order valence-electron chi connectivity index (χ3n) is 4.20. The van der Waals surface area contributed by atoms with Crippen LogP contribution in [0.25, 0.3) is 11.3 Å². The molecule has 0 spiro atoms. The maximum absolute atomic E-state index is 4.36. The Morgan fingerprint density at radius 1 is 1.29 bits per heavy atom. The Morgan fingerprint density at radius 2 is 2.21 bits per heavy atom. The zero-order valence-electron chi connectivity index (χ0n) is 14.0. The highest BCUT2D eigenvalue weighted by atomic mass is 15.4. The lowest BCUT2D eigenvalue weighted by Crippen LogP contribution is -2.13. The van der Waals surface area contributed by atoms with Crippen molar-refractivity contribution < 1.29 is 0 Å². The van der Waals surface area contributed by atoms with Gasteiger partial charge >= 0.3 is 0 Å². The van der Waals surface area contributed by atoms with Gasteiger partial charge in [0, 0.05) is 24.3 Å². The van der Waals surface area contributed by atoms with Crippen molar-refractivity contribution in [1.82, 2.24) is 29.8 Å². The highest BCUT2D eigenvalue weighted by Crippen LogP contribution is 2.32. The average Bonchev–Trinajstić information content (AvgIpc) is 3.28. The van der Waals surface area contributed by atoms with E-state index in [1.807, 2.05) is 15.6 Å². The first-order valence-corrected chi connectivity index (χ1v) is 8.33. The van der Waals surface area contributed by atoms with E-state index in [0.29, 0.717) is 12.5 Å². The van der Waals surface area contributed by atoms with Crippen LogP contribution in [0.2, 0.25) is 0 Å². The molecule has 3 aromatic rings. The third-order valence-corrected chi connectivity index (χ3v) is 4.20. The third kappa shape index (κ3) is 2.77. The number of nitrogens with zero attached hydrogens (tertiary/aromatic N) is 6. The predicted octanol–water partition coefficient (Wildman–Crippen LogP) is 2.21. The van der Waals surface area contributed by atoms with Crippen molar-refractivity contribution in [2.45, 2.75) is 33.4 Å². The Morgan fingerprint density at radius 3 is 3.08 bits per heavy atom. The van der Waals surface area contributed by atoms with Crippen LogP contribution in [0.4, 0.5) is 5.69 Å². The molecule has 124 valence electrons. The van der Waals surface area contributed by atoms with Crippen LogP contribution in [0.1, 0.15) is 25.2 Å². The minimum atomic E-state index is 0.523. The van der Waals surface area contributed by atoms with E-state index >= 15 is 0 Å². The summed E-state index contributed by atoms with van der Waals surface area (Å²) in [6.45, 7) is 6.75. The Labute approximate surface area is 140 Å². The molecule has 7 nitrogen and oxygen atoms in total. The molecule has 0 atom stereocenters. The zero-order chi connectivity index (χ0) is 16.5. The fourth-order valence-electron chi connectivity index (χ4n) is 3.11. The summed E-state index contributed by atoms with van der Waals surface area (Å²) in [6.07, 6.45) is 4.64. The van der Waals surface area contributed by atoms with Crippen molar-refractivity contribution in [1.29, 1.82) is 0 Å². The molecule has 1 aliphatic rings. The second-order valence-electron chi connectivity index (χ2n) is 6.57. The summed E-state index contributed by atoms with van der Waals surface area (Å²) in [5.41, 5.74) is 4.53. The second kappa shape index (κ2) is 6.07. The first-order chi connectivity index (χ1) is 11.7. The minimum absolute atomic E-state index is 0.523. The number of para-hydroxylation sites is 1. The number of fused-ring (bicyclic) bond motifs is 1. The molecular weight excluding hydrogens is 302 g/mol. The van der Waals surface area contributed by atoms with Gasteiger partial charge in [-0.05, 0) is 17.9 Å². The normalized spacial score (nSPS) is 13.3. The van der Waals surface area contributed by atoms with E-state index in [4.69, 9.17) is 0 Å². The van der Waals surface area contributed by atoms with Crippen LogP contribution in [-0.2, 0) is 19.5 Å². The molecule has 0 radical (unpaired) electrons. The monoisotopic (exact) mass is 323 g/mol. The Bertz CT molecular complexity index is 846. The maximum atomic E-state index is 4.36. The number of anilines is 1. The number of hydrogen-bond donors (Lipinski definition) is 1. The molecule has 0 unspecified atom stereocenters. The van der Waals surface area contributed by atoms with E-state index in [1.54, 1.807) is 6.33 Å². The summed E-state index contributed by atoms with van der Waals surface area (Å²) in [7, 11) is 0. The summed E-state index contributed by atoms with van der Waals surface area (Å²) < 4.78 is 3.76. The molecule has 3 heterocycles. The fraction of sp³-hybridized carbons (Fsp3) is 0.412. The second-order valence-corrected chi connectivity index (χ2v) is 6.57. The molecular formula is C17H21N7. The summed E-state index contributed by atoms with van der Waals surface area (Å²) in [5, 5.41) is 16.4. The van der Waals surface area contributed by atoms with Gasteiger partial charge in [0.05, 0.1) is 6.20 Å². The van der Waals surface area contributed by atoms with Gasteiger partial charge in [-0.2, -0.15) is 5.10 Å². The SMILES string of the molecule is CC(C)Cn1ncnc1Cn1cc(-c2cccc3c2NCC3)nn1. The van der Waals surface area contributed by atoms with Gasteiger partial charge < -0.3 is 5.32 Å². The lowest BCUT2D eigenvalue weighted by Gasteiger charge is -2.08. The Kier molecular flexibility index (Phi) is 3.76. The van der Waals surface area contributed by atoms with Crippen LogP contribution in [0, 0.1) is 5.92 Å². The molecule has 4 rings (SSSR count). The van der Waals surface area contributed by atoms with E-state index in [0.717, 1.165) is 36.6 Å². The molecule has 0 aliphatic carbocycles. The number of aromatic nitrogens is 6. The first-order valence-electron chi connectivity index (χ1n) is 8.33. The van der Waals surface area contributed by atoms with Crippen LogP contribution < -0.4 is 5.32 Å². The molecule has 2 aromatic heterocycles. The molecule has 1 aliphatic heterocycles. The van der Waals surface area contributed by atoms with Crippen molar-refractivity contribution in [3.05, 3.63) is 42.1 Å². The number of rotatable bonds is 5. The number of benzene rings is 1. The molecule has 0 saturated heterocycles. The topological polar surface area (TPSA) is 73.5 Å². The van der Waals surface area contributed by atoms with Gasteiger partial charge in [0.25, 0.3) is 0 Å². The molecule has 1 aromatic carbocycles. The van der Waals surface area contributed by atoms with Gasteiger partial charge in [0.15, 0.2) is 0 Å². The lowest BCUT2D eigenvalue weighted by atomic mass is 10.1. The Balaban J connectivity index is 1.58. The molecule has 0 saturated carbocycles. The van der Waals surface area contributed by atoms with E-state index in [-0.39, 0.29) is 0 Å². The highest BCUT2D eigenvalue weighted by molar-refractivity contribution is 5.79.